The summed E-state index contributed by atoms with van der Waals surface area (Å²) in [5.41, 5.74) is -1.09. The molecule has 0 spiro atoms. The van der Waals surface area contributed by atoms with E-state index in [-0.39, 0.29) is 34.8 Å². The number of nitriles is 1. The van der Waals surface area contributed by atoms with Crippen molar-refractivity contribution in [2.24, 2.45) is 5.41 Å². The van der Waals surface area contributed by atoms with E-state index in [2.05, 4.69) is 10.0 Å². The van der Waals surface area contributed by atoms with Crippen LogP contribution < -0.4 is 10.0 Å². The van der Waals surface area contributed by atoms with Gasteiger partial charge in [-0.3, -0.25) is 9.59 Å². The van der Waals surface area contributed by atoms with E-state index in [0.29, 0.717) is 13.0 Å². The van der Waals surface area contributed by atoms with Crippen LogP contribution in [-0.2, 0) is 24.3 Å². The lowest BCUT2D eigenvalue weighted by atomic mass is 9.70. The van der Waals surface area contributed by atoms with E-state index >= 15 is 0 Å². The van der Waals surface area contributed by atoms with Crippen molar-refractivity contribution in [2.75, 3.05) is 20.6 Å². The highest BCUT2D eigenvalue weighted by molar-refractivity contribution is 7.89. The highest BCUT2D eigenvalue weighted by atomic mass is 32.2. The minimum Gasteiger partial charge on any atom is -0.480 e. The average Bonchev–Trinajstić information content (AvgIpc) is 3.39. The molecule has 0 radical (unpaired) electrons. The quantitative estimate of drug-likeness (QED) is 0.441. The molecule has 1 unspecified atom stereocenters. The number of nitrogens with zero attached hydrogens (tertiary/aromatic N) is 2. The number of allylic oxidation sites excluding steroid dienone is 3. The maximum absolute atomic E-state index is 13.6. The number of carbonyl (C=O) groups is 3. The van der Waals surface area contributed by atoms with Crippen molar-refractivity contribution in [2.45, 2.75) is 42.7 Å². The standard InChI is InChI=1S/C24H28N4O7S/c1-28(2)23(32)35-17-9-11-24(12-10-17,21(29)19-4-3-13-26-19)14-20(22(30)31)27-36(33,34)18-7-5-16(15-25)6-8-18/h5-11,19-20,26-27H,3-4,12-14H2,1-2H3,(H,30,31)/t19-,20-,24?/m0/s1. The summed E-state index contributed by atoms with van der Waals surface area (Å²) < 4.78 is 33.3. The number of carboxylic acid groups (broad SMARTS) is 1. The molecular weight excluding hydrogens is 488 g/mol. The Hall–Kier alpha value is -3.53. The Morgan fingerprint density at radius 1 is 1.31 bits per heavy atom. The molecule has 1 saturated heterocycles. The van der Waals surface area contributed by atoms with Crippen molar-refractivity contribution in [3.63, 3.8) is 0 Å². The molecule has 0 bridgehead atoms. The number of ether oxygens (including phenoxy) is 1. The molecule has 1 amide bonds. The predicted molar refractivity (Wildman–Crippen MR) is 128 cm³/mol. The van der Waals surface area contributed by atoms with E-state index in [9.17, 15) is 27.9 Å². The zero-order valence-electron chi connectivity index (χ0n) is 19.9. The van der Waals surface area contributed by atoms with Gasteiger partial charge in [-0.15, -0.1) is 0 Å². The molecule has 0 aromatic heterocycles. The Labute approximate surface area is 209 Å². The smallest absolute Gasteiger partial charge is 0.414 e. The van der Waals surface area contributed by atoms with Gasteiger partial charge in [0.2, 0.25) is 10.0 Å². The Balaban J connectivity index is 1.88. The minimum absolute atomic E-state index is 0.0267. The largest absolute Gasteiger partial charge is 0.480 e. The number of sulfonamides is 1. The molecule has 3 N–H and O–H groups in total. The van der Waals surface area contributed by atoms with Crippen LogP contribution in [0.15, 0.2) is 53.1 Å². The van der Waals surface area contributed by atoms with Gasteiger partial charge in [0.15, 0.2) is 5.78 Å². The Bertz CT molecular complexity index is 1230. The van der Waals surface area contributed by atoms with E-state index in [1.54, 1.807) is 0 Å². The maximum Gasteiger partial charge on any atom is 0.414 e. The van der Waals surface area contributed by atoms with Crippen molar-refractivity contribution < 1.29 is 32.6 Å². The number of nitrogens with one attached hydrogen (secondary N) is 2. The van der Waals surface area contributed by atoms with Gasteiger partial charge in [-0.2, -0.15) is 9.98 Å². The third-order valence-electron chi connectivity index (χ3n) is 6.13. The summed E-state index contributed by atoms with van der Waals surface area (Å²) >= 11 is 0. The first kappa shape index (κ1) is 27.1. The number of benzene rings is 1. The Morgan fingerprint density at radius 2 is 2.00 bits per heavy atom. The summed E-state index contributed by atoms with van der Waals surface area (Å²) in [4.78, 5) is 38.6. The van der Waals surface area contributed by atoms with E-state index in [1.807, 2.05) is 6.07 Å². The molecule has 1 aromatic carbocycles. The lowest BCUT2D eigenvalue weighted by Gasteiger charge is -2.35. The first-order valence-corrected chi connectivity index (χ1v) is 12.8. The van der Waals surface area contributed by atoms with Crippen LogP contribution in [0.25, 0.3) is 0 Å². The number of aliphatic carboxylic acids is 1. The minimum atomic E-state index is -4.27. The van der Waals surface area contributed by atoms with Gasteiger partial charge < -0.3 is 20.1 Å². The van der Waals surface area contributed by atoms with Crippen LogP contribution in [0.3, 0.4) is 0 Å². The number of rotatable bonds is 9. The van der Waals surface area contributed by atoms with Crippen LogP contribution in [0.2, 0.25) is 0 Å². The van der Waals surface area contributed by atoms with Crippen LogP contribution in [0.1, 0.15) is 31.2 Å². The number of carbonyl (C=O) groups excluding carboxylic acids is 2. The highest BCUT2D eigenvalue weighted by Gasteiger charge is 2.45. The predicted octanol–water partition coefficient (Wildman–Crippen LogP) is 1.53. The van der Waals surface area contributed by atoms with Crippen LogP contribution in [0, 0.1) is 16.7 Å². The zero-order chi connectivity index (χ0) is 26.5. The normalized spacial score (nSPS) is 22.2. The fraction of sp³-hybridized carbons (Fsp3) is 0.417. The number of amides is 1. The summed E-state index contributed by atoms with van der Waals surface area (Å²) in [5, 5.41) is 21.9. The number of hydrogen-bond donors (Lipinski definition) is 3. The van der Waals surface area contributed by atoms with Crippen LogP contribution >= 0.6 is 0 Å². The molecule has 1 heterocycles. The van der Waals surface area contributed by atoms with E-state index < -0.39 is 39.6 Å². The molecule has 0 saturated carbocycles. The van der Waals surface area contributed by atoms with Crippen molar-refractivity contribution in [1.29, 1.82) is 5.26 Å². The third kappa shape index (κ3) is 6.17. The van der Waals surface area contributed by atoms with Gasteiger partial charge in [-0.25, -0.2) is 13.2 Å². The van der Waals surface area contributed by atoms with E-state index in [0.717, 1.165) is 6.42 Å². The van der Waals surface area contributed by atoms with Gasteiger partial charge in [0.25, 0.3) is 0 Å². The first-order chi connectivity index (χ1) is 17.0. The molecule has 11 nitrogen and oxygen atoms in total. The number of Topliss-reactive ketones (excluding diaryl/α,β-unsaturated/α-hetero) is 1. The summed E-state index contributed by atoms with van der Waals surface area (Å²) in [6.45, 7) is 0.644. The molecule has 1 fully saturated rings. The second-order valence-corrected chi connectivity index (χ2v) is 10.6. The summed E-state index contributed by atoms with van der Waals surface area (Å²) in [6.07, 6.45) is 4.89. The molecule has 1 aliphatic heterocycles. The maximum atomic E-state index is 13.6. The molecule has 192 valence electrons. The Morgan fingerprint density at radius 3 is 2.50 bits per heavy atom. The molecule has 1 aliphatic carbocycles. The topological polar surface area (TPSA) is 166 Å². The molecule has 3 atom stereocenters. The van der Waals surface area contributed by atoms with Gasteiger partial charge >= 0.3 is 12.1 Å². The number of ketones is 1. The Kier molecular flexibility index (Phi) is 8.29. The molecule has 2 aliphatic rings. The average molecular weight is 517 g/mol. The van der Waals surface area contributed by atoms with Crippen LogP contribution in [0.5, 0.6) is 0 Å². The summed E-state index contributed by atoms with van der Waals surface area (Å²) in [6, 6.07) is 4.79. The number of hydrogen-bond acceptors (Lipinski definition) is 8. The van der Waals surface area contributed by atoms with Gasteiger partial charge in [0.1, 0.15) is 11.8 Å². The monoisotopic (exact) mass is 516 g/mol. The molecule has 3 rings (SSSR count). The second-order valence-electron chi connectivity index (χ2n) is 8.93. The zero-order valence-corrected chi connectivity index (χ0v) is 20.7. The molecular formula is C24H28N4O7S. The van der Waals surface area contributed by atoms with Crippen LogP contribution in [0.4, 0.5) is 4.79 Å². The highest BCUT2D eigenvalue weighted by Crippen LogP contribution is 2.38. The second kappa shape index (κ2) is 11.0. The first-order valence-electron chi connectivity index (χ1n) is 11.3. The van der Waals surface area contributed by atoms with Gasteiger partial charge in [0.05, 0.1) is 28.0 Å². The lowest BCUT2D eigenvalue weighted by molar-refractivity contribution is -0.140. The fourth-order valence-electron chi connectivity index (χ4n) is 4.13. The molecule has 12 heteroatoms. The van der Waals surface area contributed by atoms with Crippen molar-refractivity contribution >= 4 is 27.9 Å². The van der Waals surface area contributed by atoms with Crippen molar-refractivity contribution in [3.05, 3.63) is 53.8 Å². The number of carboxylic acids is 1. The summed E-state index contributed by atoms with van der Waals surface area (Å²) in [7, 11) is -1.23. The van der Waals surface area contributed by atoms with E-state index in [1.165, 1.54) is 61.5 Å². The van der Waals surface area contributed by atoms with Gasteiger partial charge in [-0.1, -0.05) is 6.08 Å². The van der Waals surface area contributed by atoms with Gasteiger partial charge in [0, 0.05) is 14.1 Å². The van der Waals surface area contributed by atoms with E-state index in [4.69, 9.17) is 10.00 Å². The summed E-state index contributed by atoms with van der Waals surface area (Å²) in [5.74, 6) is -1.49. The van der Waals surface area contributed by atoms with Crippen LogP contribution in [-0.4, -0.2) is 69.0 Å². The SMILES string of the molecule is CN(C)C(=O)OC1=CCC(C[C@H](NS(=O)(=O)c2ccc(C#N)cc2)C(=O)O)(C(=O)[C@@H]2CCCN2)C=C1. The lowest BCUT2D eigenvalue weighted by Crippen LogP contribution is -2.49. The van der Waals surface area contributed by atoms with Crippen molar-refractivity contribution in [3.8, 4) is 6.07 Å². The fourth-order valence-corrected chi connectivity index (χ4v) is 5.32. The van der Waals surface area contributed by atoms with Gasteiger partial charge in [-0.05, 0) is 68.6 Å². The third-order valence-corrected chi connectivity index (χ3v) is 7.62. The molecule has 1 aromatic rings. The molecule has 36 heavy (non-hydrogen) atoms. The van der Waals surface area contributed by atoms with Crippen molar-refractivity contribution in [1.82, 2.24) is 14.9 Å².